The van der Waals surface area contributed by atoms with E-state index in [0.717, 1.165) is 22.3 Å². The van der Waals surface area contributed by atoms with Crippen LogP contribution >= 0.6 is 0 Å². The molecule has 172 valence electrons. The average Bonchev–Trinajstić information content (AvgIpc) is 3.17. The minimum absolute atomic E-state index is 0.00380. The number of carbonyl (C=O) groups excluding carboxylic acids is 2. The van der Waals surface area contributed by atoms with Crippen molar-refractivity contribution >= 4 is 18.0 Å². The van der Waals surface area contributed by atoms with Crippen LogP contribution in [0.1, 0.15) is 17.0 Å². The predicted octanol–water partition coefficient (Wildman–Crippen LogP) is 2.33. The Morgan fingerprint density at radius 1 is 1.03 bits per heavy atom. The minimum Gasteiger partial charge on any atom is -0.481 e. The summed E-state index contributed by atoms with van der Waals surface area (Å²) in [5.74, 6) is -1.50. The monoisotopic (exact) mass is 450 g/mol. The Morgan fingerprint density at radius 2 is 1.61 bits per heavy atom. The van der Waals surface area contributed by atoms with Crippen molar-refractivity contribution in [1.82, 2.24) is 10.2 Å². The third kappa shape index (κ3) is 3.84. The van der Waals surface area contributed by atoms with E-state index in [4.69, 9.17) is 9.47 Å². The van der Waals surface area contributed by atoms with Gasteiger partial charge < -0.3 is 24.8 Å². The number of ether oxygens (including phenoxy) is 2. The second-order valence-corrected chi connectivity index (χ2v) is 8.91. The van der Waals surface area contributed by atoms with Crippen molar-refractivity contribution in [2.24, 2.45) is 17.8 Å². The molecule has 0 spiro atoms. The van der Waals surface area contributed by atoms with Crippen LogP contribution in [0.15, 0.2) is 48.5 Å². The fourth-order valence-electron chi connectivity index (χ4n) is 5.42. The second-order valence-electron chi connectivity index (χ2n) is 8.91. The molecule has 1 saturated heterocycles. The number of hydrogen-bond donors (Lipinski definition) is 2. The highest BCUT2D eigenvalue weighted by Crippen LogP contribution is 2.51. The number of methoxy groups -OCH3 is 1. The summed E-state index contributed by atoms with van der Waals surface area (Å²) in [7, 11) is 1.46. The lowest BCUT2D eigenvalue weighted by Crippen LogP contribution is -2.51. The van der Waals surface area contributed by atoms with Gasteiger partial charge in [0, 0.05) is 26.1 Å². The van der Waals surface area contributed by atoms with Crippen molar-refractivity contribution in [3.63, 3.8) is 0 Å². The molecular formula is C25H26N2O6. The Labute approximate surface area is 191 Å². The maximum absolute atomic E-state index is 12.9. The lowest BCUT2D eigenvalue weighted by molar-refractivity contribution is -0.141. The third-order valence-electron chi connectivity index (χ3n) is 7.06. The van der Waals surface area contributed by atoms with Gasteiger partial charge in [-0.3, -0.25) is 9.59 Å². The van der Waals surface area contributed by atoms with Gasteiger partial charge in [0.15, 0.2) is 0 Å². The zero-order valence-corrected chi connectivity index (χ0v) is 18.3. The van der Waals surface area contributed by atoms with Crippen molar-refractivity contribution in [1.29, 1.82) is 0 Å². The summed E-state index contributed by atoms with van der Waals surface area (Å²) >= 11 is 0. The molecule has 1 heterocycles. The van der Waals surface area contributed by atoms with Crippen LogP contribution in [0.4, 0.5) is 4.79 Å². The van der Waals surface area contributed by atoms with Gasteiger partial charge in [0.1, 0.15) is 12.6 Å². The van der Waals surface area contributed by atoms with Crippen LogP contribution in [-0.4, -0.2) is 67.4 Å². The van der Waals surface area contributed by atoms with Crippen LogP contribution in [0.25, 0.3) is 11.1 Å². The van der Waals surface area contributed by atoms with Gasteiger partial charge in [0.2, 0.25) is 5.91 Å². The molecular weight excluding hydrogens is 424 g/mol. The van der Waals surface area contributed by atoms with Gasteiger partial charge in [-0.2, -0.15) is 0 Å². The number of fused-ring (bicyclic) bond motifs is 4. The minimum atomic E-state index is -0.883. The van der Waals surface area contributed by atoms with E-state index in [0.29, 0.717) is 13.1 Å². The summed E-state index contributed by atoms with van der Waals surface area (Å²) in [6, 6.07) is 15.3. The normalized spacial score (nSPS) is 23.3. The number of carboxylic acid groups (broad SMARTS) is 1. The molecule has 0 aromatic heterocycles. The first-order valence-electron chi connectivity index (χ1n) is 11.1. The fraction of sp³-hybridized carbons (Fsp3) is 0.400. The number of piperidine rings is 1. The summed E-state index contributed by atoms with van der Waals surface area (Å²) in [5, 5.41) is 11.8. The van der Waals surface area contributed by atoms with Gasteiger partial charge in [-0.15, -0.1) is 0 Å². The Hall–Kier alpha value is -3.39. The summed E-state index contributed by atoms with van der Waals surface area (Å²) < 4.78 is 10.7. The molecule has 1 aliphatic heterocycles. The number of rotatable bonds is 7. The molecule has 2 aromatic rings. The summed E-state index contributed by atoms with van der Waals surface area (Å²) in [5.41, 5.74) is 4.50. The third-order valence-corrected chi connectivity index (χ3v) is 7.06. The molecule has 2 aromatic carbocycles. The molecule has 5 rings (SSSR count). The molecule has 1 saturated carbocycles. The lowest BCUT2D eigenvalue weighted by atomic mass is 9.98. The Balaban J connectivity index is 1.20. The first-order chi connectivity index (χ1) is 16.0. The number of amides is 2. The Kier molecular flexibility index (Phi) is 5.54. The van der Waals surface area contributed by atoms with Crippen molar-refractivity contribution in [3.05, 3.63) is 59.7 Å². The van der Waals surface area contributed by atoms with Gasteiger partial charge >= 0.3 is 12.1 Å². The van der Waals surface area contributed by atoms with Gasteiger partial charge in [-0.25, -0.2) is 4.79 Å². The van der Waals surface area contributed by atoms with E-state index in [2.05, 4.69) is 17.4 Å². The number of benzene rings is 2. The van der Waals surface area contributed by atoms with E-state index in [1.54, 1.807) is 4.90 Å². The maximum atomic E-state index is 12.9. The zero-order valence-electron chi connectivity index (χ0n) is 18.3. The van der Waals surface area contributed by atoms with Gasteiger partial charge in [0.25, 0.3) is 0 Å². The zero-order chi connectivity index (χ0) is 23.1. The van der Waals surface area contributed by atoms with E-state index < -0.39 is 18.1 Å². The molecule has 33 heavy (non-hydrogen) atoms. The predicted molar refractivity (Wildman–Crippen MR) is 119 cm³/mol. The van der Waals surface area contributed by atoms with Gasteiger partial charge in [0.05, 0.1) is 12.5 Å². The number of likely N-dealkylation sites (tertiary alicyclic amines) is 1. The highest BCUT2D eigenvalue weighted by molar-refractivity contribution is 5.87. The molecule has 0 radical (unpaired) electrons. The first kappa shape index (κ1) is 21.5. The highest BCUT2D eigenvalue weighted by Gasteiger charge is 2.60. The fourth-order valence-corrected chi connectivity index (χ4v) is 5.42. The smallest absolute Gasteiger partial charge is 0.407 e. The molecule has 2 N–H and O–H groups in total. The lowest BCUT2D eigenvalue weighted by Gasteiger charge is -2.25. The molecule has 2 amide bonds. The van der Waals surface area contributed by atoms with Crippen LogP contribution in [0.3, 0.4) is 0 Å². The van der Waals surface area contributed by atoms with Crippen LogP contribution in [0.2, 0.25) is 0 Å². The largest absolute Gasteiger partial charge is 0.481 e. The SMILES string of the molecule is COC[C@H](NC(=O)OCC1c2ccccc2-c2ccccc21)C(=O)N1CC2C(C1)C2C(=O)O. The highest BCUT2D eigenvalue weighted by atomic mass is 16.5. The van der Waals surface area contributed by atoms with Crippen LogP contribution < -0.4 is 5.32 Å². The number of nitrogens with zero attached hydrogens (tertiary/aromatic N) is 1. The standard InChI is InChI=1S/C25H26N2O6/c1-32-13-21(23(28)27-10-18-19(11-27)22(18)24(29)30)26-25(31)33-12-20-16-8-4-2-6-14(16)15-7-3-5-9-17(15)20/h2-9,18-22H,10-13H2,1H3,(H,26,31)(H,29,30)/t18?,19?,21-,22?/m0/s1. The molecule has 8 heteroatoms. The number of nitrogens with one attached hydrogen (secondary N) is 1. The van der Waals surface area contributed by atoms with Crippen LogP contribution in [0, 0.1) is 17.8 Å². The van der Waals surface area contributed by atoms with Crippen molar-refractivity contribution in [3.8, 4) is 11.1 Å². The van der Waals surface area contributed by atoms with Crippen molar-refractivity contribution in [2.75, 3.05) is 33.4 Å². The Morgan fingerprint density at radius 3 is 2.15 bits per heavy atom. The molecule has 3 aliphatic rings. The van der Waals surface area contributed by atoms with E-state index in [9.17, 15) is 19.5 Å². The van der Waals surface area contributed by atoms with Gasteiger partial charge in [-0.05, 0) is 34.1 Å². The first-order valence-corrected chi connectivity index (χ1v) is 11.1. The summed E-state index contributed by atoms with van der Waals surface area (Å²) in [4.78, 5) is 38.3. The van der Waals surface area contributed by atoms with E-state index in [1.807, 2.05) is 36.4 Å². The van der Waals surface area contributed by atoms with E-state index in [1.165, 1.54) is 7.11 Å². The van der Waals surface area contributed by atoms with Crippen LogP contribution in [0.5, 0.6) is 0 Å². The molecule has 2 unspecified atom stereocenters. The van der Waals surface area contributed by atoms with Gasteiger partial charge in [-0.1, -0.05) is 48.5 Å². The Bertz CT molecular complexity index is 1040. The van der Waals surface area contributed by atoms with Crippen molar-refractivity contribution in [2.45, 2.75) is 12.0 Å². The molecule has 2 fully saturated rings. The number of hydrogen-bond acceptors (Lipinski definition) is 5. The summed E-state index contributed by atoms with van der Waals surface area (Å²) in [6.07, 6.45) is -0.681. The average molecular weight is 450 g/mol. The molecule has 2 aliphatic carbocycles. The van der Waals surface area contributed by atoms with Crippen LogP contribution in [-0.2, 0) is 19.1 Å². The number of carbonyl (C=O) groups is 3. The number of carboxylic acids is 1. The molecule has 0 bridgehead atoms. The number of alkyl carbamates (subject to hydrolysis) is 1. The molecule has 3 atom stereocenters. The summed E-state index contributed by atoms with van der Waals surface area (Å²) in [6.45, 7) is 0.958. The van der Waals surface area contributed by atoms with E-state index >= 15 is 0 Å². The quantitative estimate of drug-likeness (QED) is 0.671. The molecule has 8 nitrogen and oxygen atoms in total. The number of aliphatic carboxylic acids is 1. The maximum Gasteiger partial charge on any atom is 0.407 e. The van der Waals surface area contributed by atoms with Crippen molar-refractivity contribution < 1.29 is 29.0 Å². The second kappa shape index (κ2) is 8.51. The topological polar surface area (TPSA) is 105 Å². The van der Waals surface area contributed by atoms with E-state index in [-0.39, 0.29) is 42.8 Å².